The van der Waals surface area contributed by atoms with Crippen molar-refractivity contribution in [3.8, 4) is 11.5 Å². The van der Waals surface area contributed by atoms with Crippen molar-refractivity contribution in [2.45, 2.75) is 19.9 Å². The highest BCUT2D eigenvalue weighted by molar-refractivity contribution is 5.69. The second-order valence-corrected chi connectivity index (χ2v) is 3.84. The highest BCUT2D eigenvalue weighted by Gasteiger charge is 2.14. The molecule has 1 atom stereocenters. The second kappa shape index (κ2) is 5.30. The van der Waals surface area contributed by atoms with Crippen LogP contribution in [-0.2, 0) is 11.3 Å². The number of carboxylic acid groups (broad SMARTS) is 1. The maximum absolute atomic E-state index is 10.7. The Labute approximate surface area is 103 Å². The SMILES string of the molecule is CC(CCn1nnnc1-c1cnccn1)C(=O)O. The summed E-state index contributed by atoms with van der Waals surface area (Å²) in [6, 6.07) is 0. The van der Waals surface area contributed by atoms with Crippen LogP contribution in [0.15, 0.2) is 18.6 Å². The van der Waals surface area contributed by atoms with Crippen LogP contribution < -0.4 is 0 Å². The molecular formula is C10H12N6O2. The Balaban J connectivity index is 2.12. The number of hydrogen-bond donors (Lipinski definition) is 1. The topological polar surface area (TPSA) is 107 Å². The lowest BCUT2D eigenvalue weighted by molar-refractivity contribution is -0.141. The van der Waals surface area contributed by atoms with Crippen LogP contribution in [0.1, 0.15) is 13.3 Å². The van der Waals surface area contributed by atoms with Crippen molar-refractivity contribution in [2.75, 3.05) is 0 Å². The van der Waals surface area contributed by atoms with Crippen molar-refractivity contribution < 1.29 is 9.90 Å². The van der Waals surface area contributed by atoms with Gasteiger partial charge in [0, 0.05) is 18.9 Å². The first-order valence-corrected chi connectivity index (χ1v) is 5.44. The van der Waals surface area contributed by atoms with E-state index < -0.39 is 11.9 Å². The first-order chi connectivity index (χ1) is 8.68. The molecule has 18 heavy (non-hydrogen) atoms. The van der Waals surface area contributed by atoms with Crippen molar-refractivity contribution in [3.63, 3.8) is 0 Å². The second-order valence-electron chi connectivity index (χ2n) is 3.84. The number of aromatic nitrogens is 6. The molecular weight excluding hydrogens is 236 g/mol. The summed E-state index contributed by atoms with van der Waals surface area (Å²) < 4.78 is 1.53. The number of aliphatic carboxylic acids is 1. The van der Waals surface area contributed by atoms with Gasteiger partial charge in [-0.2, -0.15) is 0 Å². The fourth-order valence-electron chi connectivity index (χ4n) is 1.39. The third-order valence-corrected chi connectivity index (χ3v) is 2.52. The summed E-state index contributed by atoms with van der Waals surface area (Å²) in [7, 11) is 0. The van der Waals surface area contributed by atoms with Crippen LogP contribution in [0, 0.1) is 5.92 Å². The Bertz CT molecular complexity index is 526. The number of carbonyl (C=O) groups is 1. The standard InChI is InChI=1S/C10H12N6O2/c1-7(10(17)18)2-5-16-9(13-14-15-16)8-6-11-3-4-12-8/h3-4,6-7H,2,5H2,1H3,(H,17,18). The first-order valence-electron chi connectivity index (χ1n) is 5.44. The van der Waals surface area contributed by atoms with E-state index in [2.05, 4.69) is 25.5 Å². The van der Waals surface area contributed by atoms with Gasteiger partial charge in [0.1, 0.15) is 5.69 Å². The molecule has 0 saturated heterocycles. The monoisotopic (exact) mass is 248 g/mol. The normalized spacial score (nSPS) is 12.3. The molecule has 0 aromatic carbocycles. The number of rotatable bonds is 5. The molecule has 2 aromatic rings. The van der Waals surface area contributed by atoms with E-state index >= 15 is 0 Å². The molecule has 2 rings (SSSR count). The van der Waals surface area contributed by atoms with Gasteiger partial charge in [-0.05, 0) is 16.8 Å². The molecule has 2 aromatic heterocycles. The van der Waals surface area contributed by atoms with E-state index in [1.54, 1.807) is 25.5 Å². The molecule has 0 fully saturated rings. The minimum Gasteiger partial charge on any atom is -0.481 e. The van der Waals surface area contributed by atoms with Gasteiger partial charge in [-0.1, -0.05) is 6.92 Å². The van der Waals surface area contributed by atoms with E-state index in [1.807, 2.05) is 0 Å². The zero-order chi connectivity index (χ0) is 13.0. The molecule has 8 heteroatoms. The molecule has 8 nitrogen and oxygen atoms in total. The van der Waals surface area contributed by atoms with Crippen molar-refractivity contribution in [1.82, 2.24) is 30.2 Å². The average Bonchev–Trinajstić information content (AvgIpc) is 2.85. The van der Waals surface area contributed by atoms with Gasteiger partial charge < -0.3 is 5.11 Å². The van der Waals surface area contributed by atoms with Gasteiger partial charge in [0.25, 0.3) is 0 Å². The van der Waals surface area contributed by atoms with Gasteiger partial charge >= 0.3 is 5.97 Å². The number of carboxylic acids is 1. The number of hydrogen-bond acceptors (Lipinski definition) is 6. The molecule has 0 aliphatic rings. The molecule has 0 radical (unpaired) electrons. The van der Waals surface area contributed by atoms with Gasteiger partial charge in [-0.25, -0.2) is 9.67 Å². The molecule has 0 aliphatic carbocycles. The zero-order valence-corrected chi connectivity index (χ0v) is 9.76. The van der Waals surface area contributed by atoms with Crippen LogP contribution in [0.2, 0.25) is 0 Å². The summed E-state index contributed by atoms with van der Waals surface area (Å²) in [6.45, 7) is 2.07. The van der Waals surface area contributed by atoms with E-state index in [1.165, 1.54) is 4.68 Å². The van der Waals surface area contributed by atoms with Crippen molar-refractivity contribution in [1.29, 1.82) is 0 Å². The smallest absolute Gasteiger partial charge is 0.306 e. The van der Waals surface area contributed by atoms with Crippen molar-refractivity contribution >= 4 is 5.97 Å². The van der Waals surface area contributed by atoms with Crippen molar-refractivity contribution in [3.05, 3.63) is 18.6 Å². The van der Waals surface area contributed by atoms with Crippen LogP contribution in [-0.4, -0.2) is 41.3 Å². The number of tetrazole rings is 1. The summed E-state index contributed by atoms with van der Waals surface area (Å²) in [5.74, 6) is -0.784. The molecule has 94 valence electrons. The third kappa shape index (κ3) is 2.65. The summed E-state index contributed by atoms with van der Waals surface area (Å²) in [4.78, 5) is 18.8. The molecule has 0 saturated carbocycles. The van der Waals surface area contributed by atoms with Gasteiger partial charge in [-0.15, -0.1) is 5.10 Å². The number of aryl methyl sites for hydroxylation is 1. The van der Waals surface area contributed by atoms with Crippen LogP contribution >= 0.6 is 0 Å². The fourth-order valence-corrected chi connectivity index (χ4v) is 1.39. The van der Waals surface area contributed by atoms with Gasteiger partial charge in [0.2, 0.25) is 5.82 Å². The minimum atomic E-state index is -0.830. The third-order valence-electron chi connectivity index (χ3n) is 2.52. The molecule has 1 N–H and O–H groups in total. The van der Waals surface area contributed by atoms with E-state index in [4.69, 9.17) is 5.11 Å². The van der Waals surface area contributed by atoms with Crippen LogP contribution in [0.3, 0.4) is 0 Å². The van der Waals surface area contributed by atoms with E-state index in [0.29, 0.717) is 24.5 Å². The molecule has 2 heterocycles. The lowest BCUT2D eigenvalue weighted by Crippen LogP contribution is -2.14. The summed E-state index contributed by atoms with van der Waals surface area (Å²) in [5.41, 5.74) is 0.561. The number of nitrogens with zero attached hydrogens (tertiary/aromatic N) is 6. The van der Waals surface area contributed by atoms with E-state index in [-0.39, 0.29) is 0 Å². The highest BCUT2D eigenvalue weighted by atomic mass is 16.4. The Morgan fingerprint density at radius 1 is 1.50 bits per heavy atom. The molecule has 0 bridgehead atoms. The molecule has 0 aliphatic heterocycles. The summed E-state index contributed by atoms with van der Waals surface area (Å²) >= 11 is 0. The van der Waals surface area contributed by atoms with E-state index in [9.17, 15) is 4.79 Å². The van der Waals surface area contributed by atoms with Crippen LogP contribution in [0.4, 0.5) is 0 Å². The average molecular weight is 248 g/mol. The van der Waals surface area contributed by atoms with E-state index in [0.717, 1.165) is 0 Å². The lowest BCUT2D eigenvalue weighted by atomic mass is 10.1. The minimum absolute atomic E-state index is 0.423. The Hall–Kier alpha value is -2.38. The maximum atomic E-state index is 10.7. The van der Waals surface area contributed by atoms with Crippen LogP contribution in [0.5, 0.6) is 0 Å². The zero-order valence-electron chi connectivity index (χ0n) is 9.76. The first kappa shape index (κ1) is 12.1. The summed E-state index contributed by atoms with van der Waals surface area (Å²) in [5, 5.41) is 20.1. The predicted molar refractivity (Wildman–Crippen MR) is 60.3 cm³/mol. The molecule has 0 spiro atoms. The largest absolute Gasteiger partial charge is 0.481 e. The van der Waals surface area contributed by atoms with Crippen LogP contribution in [0.25, 0.3) is 11.5 Å². The molecule has 0 amide bonds. The maximum Gasteiger partial charge on any atom is 0.306 e. The fraction of sp³-hybridized carbons (Fsp3) is 0.400. The Kier molecular flexibility index (Phi) is 3.56. The molecule has 1 unspecified atom stereocenters. The van der Waals surface area contributed by atoms with Gasteiger partial charge in [0.05, 0.1) is 12.1 Å². The van der Waals surface area contributed by atoms with Crippen molar-refractivity contribution in [2.24, 2.45) is 5.92 Å². The van der Waals surface area contributed by atoms with Gasteiger partial charge in [-0.3, -0.25) is 9.78 Å². The van der Waals surface area contributed by atoms with Gasteiger partial charge in [0.15, 0.2) is 0 Å². The quantitative estimate of drug-likeness (QED) is 0.807. The summed E-state index contributed by atoms with van der Waals surface area (Å²) in [6.07, 6.45) is 5.12. The lowest BCUT2D eigenvalue weighted by Gasteiger charge is -2.06. The highest BCUT2D eigenvalue weighted by Crippen LogP contribution is 2.12. The predicted octanol–water partition coefficient (Wildman–Crippen LogP) is 0.241. The Morgan fingerprint density at radius 3 is 3.00 bits per heavy atom. The Morgan fingerprint density at radius 2 is 2.33 bits per heavy atom.